The molecular weight excluding hydrogens is 281 g/mol. The van der Waals surface area contributed by atoms with Crippen LogP contribution in [-0.2, 0) is 0 Å². The highest BCUT2D eigenvalue weighted by atomic mass is 15.2. The monoisotopic (exact) mass is 307 g/mol. The molecule has 2 aliphatic heterocycles. The molecule has 2 fully saturated rings. The number of benzene rings is 2. The van der Waals surface area contributed by atoms with Crippen LogP contribution in [0.5, 0.6) is 0 Å². The van der Waals surface area contributed by atoms with E-state index in [0.29, 0.717) is 5.94 Å². The second-order valence-electron chi connectivity index (χ2n) is 7.01. The Morgan fingerprint density at radius 3 is 1.91 bits per heavy atom. The molecule has 0 aromatic heterocycles. The van der Waals surface area contributed by atoms with Crippen LogP contribution in [0.25, 0.3) is 0 Å². The van der Waals surface area contributed by atoms with Gasteiger partial charge < -0.3 is 15.4 Å². The Balaban J connectivity index is 1.81. The first-order valence-corrected chi connectivity index (χ1v) is 8.99. The molecule has 2 heterocycles. The van der Waals surface area contributed by atoms with Gasteiger partial charge in [0.05, 0.1) is 13.1 Å². The lowest BCUT2D eigenvalue weighted by atomic mass is 9.24. The first-order chi connectivity index (χ1) is 11.4. The van der Waals surface area contributed by atoms with E-state index < -0.39 is 6.28 Å². The summed E-state index contributed by atoms with van der Waals surface area (Å²) in [7, 11) is 0. The Hall–Kier alpha value is -1.62. The Kier molecular flexibility index (Phi) is 4.21. The molecule has 3 N–H and O–H groups in total. The summed E-state index contributed by atoms with van der Waals surface area (Å²) < 4.78 is 0. The second kappa shape index (κ2) is 6.48. The van der Waals surface area contributed by atoms with Crippen LogP contribution in [0.1, 0.15) is 6.42 Å². The predicted octanol–water partition coefficient (Wildman–Crippen LogP) is -0.864. The Morgan fingerprint density at radius 2 is 1.35 bits per heavy atom. The second-order valence-corrected chi connectivity index (χ2v) is 7.01. The van der Waals surface area contributed by atoms with Crippen LogP contribution >= 0.6 is 0 Å². The largest absolute Gasteiger partial charge is 0.476 e. The summed E-state index contributed by atoms with van der Waals surface area (Å²) in [5.41, 5.74) is 2.93. The lowest BCUT2D eigenvalue weighted by molar-refractivity contribution is -0.915. The minimum absolute atomic E-state index is 0.655. The Morgan fingerprint density at radius 1 is 0.783 bits per heavy atom. The molecule has 2 aromatic rings. The van der Waals surface area contributed by atoms with Gasteiger partial charge in [-0.2, -0.15) is 10.9 Å². The fourth-order valence-electron chi connectivity index (χ4n) is 4.94. The highest BCUT2D eigenvalue weighted by Gasteiger charge is 2.45. The molecular formula is C19H26BN3. The molecule has 23 heavy (non-hydrogen) atoms. The van der Waals surface area contributed by atoms with Gasteiger partial charge in [-0.3, -0.25) is 0 Å². The molecule has 0 bridgehead atoms. The SMILES string of the molecule is c1ccc([B-]2(c3ccccc3)NCCC2[NH+]2CCNCC2)cc1. The van der Waals surface area contributed by atoms with E-state index in [1.54, 1.807) is 4.90 Å². The summed E-state index contributed by atoms with van der Waals surface area (Å²) in [6.45, 7) is 5.86. The molecule has 0 amide bonds. The summed E-state index contributed by atoms with van der Waals surface area (Å²) in [5, 5.41) is 7.48. The number of piperazine rings is 1. The molecule has 0 aliphatic carbocycles. The van der Waals surface area contributed by atoms with Crippen LogP contribution < -0.4 is 26.4 Å². The topological polar surface area (TPSA) is 28.5 Å². The lowest BCUT2D eigenvalue weighted by Crippen LogP contribution is -3.21. The number of nitrogens with one attached hydrogen (secondary N) is 3. The predicted molar refractivity (Wildman–Crippen MR) is 97.9 cm³/mol. The van der Waals surface area contributed by atoms with Gasteiger partial charge in [0.2, 0.25) is 0 Å². The van der Waals surface area contributed by atoms with Gasteiger partial charge in [0.1, 0.15) is 0 Å². The molecule has 120 valence electrons. The van der Waals surface area contributed by atoms with Crippen LogP contribution in [0.15, 0.2) is 60.7 Å². The highest BCUT2D eigenvalue weighted by molar-refractivity contribution is 7.01. The average Bonchev–Trinajstić information content (AvgIpc) is 3.10. The quantitative estimate of drug-likeness (QED) is 0.644. The third-order valence-electron chi connectivity index (χ3n) is 5.95. The van der Waals surface area contributed by atoms with E-state index >= 15 is 0 Å². The number of hydrogen-bond donors (Lipinski definition) is 3. The smallest absolute Gasteiger partial charge is 0.176 e. The van der Waals surface area contributed by atoms with Gasteiger partial charge in [-0.05, 0) is 18.9 Å². The third-order valence-corrected chi connectivity index (χ3v) is 5.95. The van der Waals surface area contributed by atoms with Gasteiger partial charge in [-0.1, -0.05) is 60.7 Å². The van der Waals surface area contributed by atoms with Gasteiger partial charge in [-0.15, -0.1) is 0 Å². The molecule has 0 spiro atoms. The van der Waals surface area contributed by atoms with Crippen molar-refractivity contribution in [2.24, 2.45) is 0 Å². The van der Waals surface area contributed by atoms with Crippen LogP contribution in [-0.4, -0.2) is 44.9 Å². The molecule has 4 rings (SSSR count). The van der Waals surface area contributed by atoms with Crippen LogP contribution in [0.4, 0.5) is 0 Å². The van der Waals surface area contributed by atoms with Crippen molar-refractivity contribution in [2.75, 3.05) is 32.7 Å². The van der Waals surface area contributed by atoms with Crippen molar-refractivity contribution in [1.29, 1.82) is 0 Å². The molecule has 3 nitrogen and oxygen atoms in total. The zero-order valence-corrected chi connectivity index (χ0v) is 13.7. The Bertz CT molecular complexity index is 586. The van der Waals surface area contributed by atoms with Crippen LogP contribution in [0.2, 0.25) is 0 Å². The van der Waals surface area contributed by atoms with Crippen molar-refractivity contribution in [3.63, 3.8) is 0 Å². The van der Waals surface area contributed by atoms with Crippen molar-refractivity contribution < 1.29 is 4.90 Å². The minimum atomic E-state index is -0.895. The molecule has 2 saturated heterocycles. The highest BCUT2D eigenvalue weighted by Crippen LogP contribution is 2.15. The van der Waals surface area contributed by atoms with Crippen molar-refractivity contribution in [3.05, 3.63) is 60.7 Å². The van der Waals surface area contributed by atoms with E-state index in [9.17, 15) is 0 Å². The van der Waals surface area contributed by atoms with E-state index in [1.165, 1.54) is 30.4 Å². The molecule has 0 radical (unpaired) electrons. The molecule has 1 atom stereocenters. The minimum Gasteiger partial charge on any atom is -0.476 e. The molecule has 2 aromatic carbocycles. The molecule has 2 aliphatic rings. The summed E-state index contributed by atoms with van der Waals surface area (Å²) in [6, 6.07) is 22.3. The zero-order chi connectivity index (χ0) is 15.5. The standard InChI is InChI=1S/C19H25BN3/c1-3-7-17(8-4-1)20(18-9-5-2-6-10-18)19(11-12-22-20)23-15-13-21-14-16-23/h1-10,19,21-22H,11-16H2/q-1/p+1. The average molecular weight is 307 g/mol. The maximum Gasteiger partial charge on any atom is 0.176 e. The lowest BCUT2D eigenvalue weighted by Gasteiger charge is -2.47. The van der Waals surface area contributed by atoms with E-state index in [0.717, 1.165) is 19.6 Å². The van der Waals surface area contributed by atoms with E-state index in [-0.39, 0.29) is 0 Å². The third kappa shape index (κ3) is 2.61. The summed E-state index contributed by atoms with van der Waals surface area (Å²) in [5.74, 6) is 0.655. The number of rotatable bonds is 3. The first kappa shape index (κ1) is 14.9. The van der Waals surface area contributed by atoms with Crippen molar-refractivity contribution >= 4 is 17.2 Å². The fourth-order valence-corrected chi connectivity index (χ4v) is 4.94. The van der Waals surface area contributed by atoms with E-state index in [4.69, 9.17) is 0 Å². The van der Waals surface area contributed by atoms with E-state index in [1.807, 2.05) is 0 Å². The number of quaternary nitrogens is 1. The van der Waals surface area contributed by atoms with Gasteiger partial charge in [0.15, 0.2) is 6.28 Å². The van der Waals surface area contributed by atoms with Crippen LogP contribution in [0, 0.1) is 0 Å². The van der Waals surface area contributed by atoms with E-state index in [2.05, 4.69) is 71.2 Å². The van der Waals surface area contributed by atoms with Crippen molar-refractivity contribution in [3.8, 4) is 0 Å². The van der Waals surface area contributed by atoms with Crippen molar-refractivity contribution in [2.45, 2.75) is 12.4 Å². The number of hydrogen-bond acceptors (Lipinski definition) is 2. The Labute approximate surface area is 139 Å². The maximum absolute atomic E-state index is 3.97. The van der Waals surface area contributed by atoms with Crippen molar-refractivity contribution in [1.82, 2.24) is 10.5 Å². The zero-order valence-electron chi connectivity index (χ0n) is 13.7. The molecule has 0 saturated carbocycles. The van der Waals surface area contributed by atoms with Gasteiger partial charge in [-0.25, -0.2) is 0 Å². The summed E-state index contributed by atoms with van der Waals surface area (Å²) >= 11 is 0. The van der Waals surface area contributed by atoms with Gasteiger partial charge >= 0.3 is 0 Å². The summed E-state index contributed by atoms with van der Waals surface area (Å²) in [6.07, 6.45) is 0.368. The summed E-state index contributed by atoms with van der Waals surface area (Å²) in [4.78, 5) is 1.77. The molecule has 4 heteroatoms. The van der Waals surface area contributed by atoms with Gasteiger partial charge in [0.25, 0.3) is 0 Å². The van der Waals surface area contributed by atoms with Gasteiger partial charge in [0, 0.05) is 13.1 Å². The normalized spacial score (nSPS) is 24.6. The fraction of sp³-hybridized carbons (Fsp3) is 0.368. The first-order valence-electron chi connectivity index (χ1n) is 8.99. The molecule has 1 unspecified atom stereocenters. The van der Waals surface area contributed by atoms with Crippen LogP contribution in [0.3, 0.4) is 0 Å². The maximum atomic E-state index is 3.97.